The van der Waals surface area contributed by atoms with Crippen molar-refractivity contribution in [3.05, 3.63) is 16.1 Å². The maximum absolute atomic E-state index is 12.4. The molecular weight excluding hydrogens is 250 g/mol. The van der Waals surface area contributed by atoms with Gasteiger partial charge in [-0.2, -0.15) is 0 Å². The molecule has 2 aliphatic heterocycles. The zero-order valence-corrected chi connectivity index (χ0v) is 11.3. The van der Waals surface area contributed by atoms with Gasteiger partial charge < -0.3 is 9.47 Å². The van der Waals surface area contributed by atoms with Crippen LogP contribution in [0.4, 0.5) is 0 Å². The van der Waals surface area contributed by atoms with E-state index in [1.807, 2.05) is 6.92 Å². The van der Waals surface area contributed by atoms with Crippen LogP contribution in [-0.2, 0) is 9.47 Å². The number of hydrogen-bond donors (Lipinski definition) is 0. The Hall–Kier alpha value is -0.780. The lowest BCUT2D eigenvalue weighted by atomic mass is 9.82. The van der Waals surface area contributed by atoms with Gasteiger partial charge in [0.05, 0.1) is 22.1 Å². The number of ether oxygens (including phenoxy) is 2. The van der Waals surface area contributed by atoms with Crippen LogP contribution in [0.5, 0.6) is 0 Å². The van der Waals surface area contributed by atoms with E-state index in [1.165, 1.54) is 11.3 Å². The van der Waals surface area contributed by atoms with Gasteiger partial charge in [-0.3, -0.25) is 4.79 Å². The summed E-state index contributed by atoms with van der Waals surface area (Å²) in [5.74, 6) is 0.301. The molecule has 4 nitrogen and oxygen atoms in total. The molecule has 3 rings (SSSR count). The van der Waals surface area contributed by atoms with Crippen LogP contribution >= 0.6 is 11.3 Å². The molecule has 0 aliphatic carbocycles. The van der Waals surface area contributed by atoms with Crippen LogP contribution in [0.25, 0.3) is 0 Å². The second-order valence-corrected chi connectivity index (χ2v) is 6.37. The molecule has 98 valence electrons. The van der Waals surface area contributed by atoms with Crippen molar-refractivity contribution in [2.75, 3.05) is 19.8 Å². The van der Waals surface area contributed by atoms with Gasteiger partial charge in [0.1, 0.15) is 0 Å². The minimum Gasteiger partial charge on any atom is -0.378 e. The van der Waals surface area contributed by atoms with E-state index in [-0.39, 0.29) is 17.3 Å². The quantitative estimate of drug-likeness (QED) is 0.771. The first-order chi connectivity index (χ1) is 8.69. The van der Waals surface area contributed by atoms with Crippen LogP contribution < -0.4 is 0 Å². The van der Waals surface area contributed by atoms with Crippen LogP contribution in [-0.4, -0.2) is 36.2 Å². The zero-order valence-electron chi connectivity index (χ0n) is 10.5. The number of nitrogens with zero attached hydrogens (tertiary/aromatic N) is 1. The van der Waals surface area contributed by atoms with Crippen molar-refractivity contribution in [1.82, 2.24) is 4.98 Å². The molecule has 1 aromatic rings. The number of hydrogen-bond acceptors (Lipinski definition) is 5. The fraction of sp³-hybridized carbons (Fsp3) is 0.692. The van der Waals surface area contributed by atoms with Gasteiger partial charge in [0, 0.05) is 31.7 Å². The molecule has 0 N–H and O–H groups in total. The number of aromatic nitrogens is 1. The van der Waals surface area contributed by atoms with E-state index in [9.17, 15) is 4.79 Å². The number of rotatable bonds is 2. The molecule has 0 amide bonds. The van der Waals surface area contributed by atoms with E-state index in [4.69, 9.17) is 9.47 Å². The number of ketones is 1. The van der Waals surface area contributed by atoms with Gasteiger partial charge in [0.25, 0.3) is 0 Å². The molecular formula is C13H17NO3S. The fourth-order valence-corrected chi connectivity index (χ4v) is 3.59. The minimum absolute atomic E-state index is 0.0697. The third-order valence-electron chi connectivity index (χ3n) is 3.80. The summed E-state index contributed by atoms with van der Waals surface area (Å²) < 4.78 is 11.3. The average molecular weight is 267 g/mol. The van der Waals surface area contributed by atoms with Gasteiger partial charge in [-0.15, -0.1) is 11.3 Å². The van der Waals surface area contributed by atoms with E-state index in [0.29, 0.717) is 13.2 Å². The van der Waals surface area contributed by atoms with E-state index >= 15 is 0 Å². The van der Waals surface area contributed by atoms with Gasteiger partial charge in [-0.25, -0.2) is 4.98 Å². The highest BCUT2D eigenvalue weighted by molar-refractivity contribution is 7.13. The summed E-state index contributed by atoms with van der Waals surface area (Å²) in [6.07, 6.45) is 4.23. The van der Waals surface area contributed by atoms with Crippen molar-refractivity contribution >= 4 is 17.1 Å². The molecule has 0 bridgehead atoms. The Bertz CT molecular complexity index is 451. The molecule has 2 saturated heterocycles. The summed E-state index contributed by atoms with van der Waals surface area (Å²) >= 11 is 1.49. The molecule has 5 heteroatoms. The van der Waals surface area contributed by atoms with Crippen molar-refractivity contribution in [3.63, 3.8) is 0 Å². The zero-order chi connectivity index (χ0) is 12.6. The Labute approximate surface area is 110 Å². The first kappa shape index (κ1) is 12.3. The van der Waals surface area contributed by atoms with Crippen LogP contribution in [0, 0.1) is 12.8 Å². The highest BCUT2D eigenvalue weighted by Gasteiger charge is 2.43. The summed E-state index contributed by atoms with van der Waals surface area (Å²) in [4.78, 5) is 17.4. The lowest BCUT2D eigenvalue weighted by molar-refractivity contribution is -0.0920. The lowest BCUT2D eigenvalue weighted by Crippen LogP contribution is -2.42. The van der Waals surface area contributed by atoms with Crippen molar-refractivity contribution in [3.8, 4) is 0 Å². The normalized spacial score (nSPS) is 31.9. The molecule has 2 unspecified atom stereocenters. The molecule has 18 heavy (non-hydrogen) atoms. The van der Waals surface area contributed by atoms with Gasteiger partial charge in [-0.1, -0.05) is 0 Å². The maximum atomic E-state index is 12.4. The first-order valence-electron chi connectivity index (χ1n) is 6.37. The predicted molar refractivity (Wildman–Crippen MR) is 68.0 cm³/mol. The third kappa shape index (κ3) is 2.22. The Morgan fingerprint density at radius 2 is 2.44 bits per heavy atom. The summed E-state index contributed by atoms with van der Waals surface area (Å²) in [5.41, 5.74) is -0.196. The summed E-state index contributed by atoms with van der Waals surface area (Å²) in [6.45, 7) is 3.98. The van der Waals surface area contributed by atoms with E-state index in [2.05, 4.69) is 4.98 Å². The van der Waals surface area contributed by atoms with Crippen molar-refractivity contribution in [2.24, 2.45) is 5.92 Å². The average Bonchev–Trinajstić information content (AvgIpc) is 2.98. The van der Waals surface area contributed by atoms with Crippen LogP contribution in [0.1, 0.15) is 33.9 Å². The number of Topliss-reactive ketones (excluding diaryl/α,β-unsaturated/α-hetero) is 1. The first-order valence-corrected chi connectivity index (χ1v) is 7.19. The summed E-state index contributed by atoms with van der Waals surface area (Å²) in [6, 6.07) is 0. The van der Waals surface area contributed by atoms with Crippen LogP contribution in [0.2, 0.25) is 0 Å². The highest BCUT2D eigenvalue weighted by atomic mass is 32.1. The topological polar surface area (TPSA) is 48.4 Å². The van der Waals surface area contributed by atoms with Gasteiger partial charge in [0.15, 0.2) is 5.78 Å². The van der Waals surface area contributed by atoms with Crippen molar-refractivity contribution in [1.29, 1.82) is 0 Å². The van der Waals surface area contributed by atoms with E-state index in [0.717, 1.165) is 35.8 Å². The molecule has 1 aromatic heterocycles. The Kier molecular flexibility index (Phi) is 3.21. The largest absolute Gasteiger partial charge is 0.378 e. The lowest BCUT2D eigenvalue weighted by Gasteiger charge is -2.36. The predicted octanol–water partition coefficient (Wildman–Crippen LogP) is 2.22. The number of carbonyl (C=O) groups is 1. The molecule has 2 fully saturated rings. The minimum atomic E-state index is -0.196. The standard InChI is InChI=1S/C13H17NO3S/c1-9-14-7-11(18-9)12(15)10-2-4-17-13(6-10)3-5-16-8-13/h7,10H,2-6,8H2,1H3. The number of carbonyl (C=O) groups excluding carboxylic acids is 1. The number of aryl methyl sites for hydroxylation is 1. The molecule has 0 aromatic carbocycles. The molecule has 2 aliphatic rings. The van der Waals surface area contributed by atoms with Crippen molar-refractivity contribution < 1.29 is 14.3 Å². The van der Waals surface area contributed by atoms with Gasteiger partial charge in [0.2, 0.25) is 0 Å². The summed E-state index contributed by atoms with van der Waals surface area (Å²) in [5, 5.41) is 0.948. The second kappa shape index (κ2) is 4.72. The Morgan fingerprint density at radius 3 is 3.11 bits per heavy atom. The fourth-order valence-electron chi connectivity index (χ4n) is 2.79. The van der Waals surface area contributed by atoms with Gasteiger partial charge >= 0.3 is 0 Å². The molecule has 0 saturated carbocycles. The Balaban J connectivity index is 1.74. The highest BCUT2D eigenvalue weighted by Crippen LogP contribution is 2.37. The van der Waals surface area contributed by atoms with Crippen molar-refractivity contribution in [2.45, 2.75) is 31.8 Å². The van der Waals surface area contributed by atoms with E-state index in [1.54, 1.807) is 6.20 Å². The molecule has 2 atom stereocenters. The molecule has 3 heterocycles. The third-order valence-corrected chi connectivity index (χ3v) is 4.72. The number of thiazole rings is 1. The Morgan fingerprint density at radius 1 is 1.56 bits per heavy atom. The van der Waals surface area contributed by atoms with E-state index < -0.39 is 0 Å². The molecule has 0 radical (unpaired) electrons. The molecule has 1 spiro atoms. The van der Waals surface area contributed by atoms with Gasteiger partial charge in [-0.05, 0) is 19.8 Å². The monoisotopic (exact) mass is 267 g/mol. The van der Waals surface area contributed by atoms with Crippen LogP contribution in [0.15, 0.2) is 6.20 Å². The SMILES string of the molecule is Cc1ncc(C(=O)C2CCOC3(CCOC3)C2)s1. The second-order valence-electron chi connectivity index (χ2n) is 5.13. The summed E-state index contributed by atoms with van der Waals surface area (Å²) in [7, 11) is 0. The maximum Gasteiger partial charge on any atom is 0.177 e. The van der Waals surface area contributed by atoms with Crippen LogP contribution in [0.3, 0.4) is 0 Å². The smallest absolute Gasteiger partial charge is 0.177 e.